The summed E-state index contributed by atoms with van der Waals surface area (Å²) in [6.45, 7) is 1.95. The molecular weight excluding hydrogens is 266 g/mol. The fourth-order valence-electron chi connectivity index (χ4n) is 2.00. The highest BCUT2D eigenvalue weighted by atomic mass is 32.1. The Hall–Kier alpha value is -1.76. The number of carbonyl (C=O) groups is 2. The van der Waals surface area contributed by atoms with Crippen molar-refractivity contribution in [2.45, 2.75) is 32.6 Å². The van der Waals surface area contributed by atoms with Gasteiger partial charge in [0.2, 0.25) is 5.13 Å². The number of carboxylic acids is 1. The van der Waals surface area contributed by atoms with Crippen LogP contribution in [0.4, 0.5) is 5.13 Å². The number of anilines is 1. The van der Waals surface area contributed by atoms with Crippen LogP contribution in [0.1, 0.15) is 31.2 Å². The van der Waals surface area contributed by atoms with Gasteiger partial charge in [-0.25, -0.2) is 0 Å². The van der Waals surface area contributed by atoms with Crippen molar-refractivity contribution >= 4 is 28.3 Å². The molecule has 1 unspecified atom stereocenters. The van der Waals surface area contributed by atoms with Crippen molar-refractivity contribution in [2.75, 3.05) is 5.32 Å². The molecule has 1 atom stereocenters. The number of nitrogens with one attached hydrogen (secondary N) is 1. The van der Waals surface area contributed by atoms with Crippen LogP contribution in [-0.4, -0.2) is 27.2 Å². The van der Waals surface area contributed by atoms with Crippen LogP contribution in [0.25, 0.3) is 0 Å². The van der Waals surface area contributed by atoms with Crippen molar-refractivity contribution in [1.82, 2.24) is 10.2 Å². The number of aliphatic carboxylic acids is 1. The molecule has 0 saturated heterocycles. The summed E-state index contributed by atoms with van der Waals surface area (Å²) in [5.41, 5.74) is 0.326. The Morgan fingerprint density at radius 1 is 1.53 bits per heavy atom. The van der Waals surface area contributed by atoms with E-state index in [1.165, 1.54) is 11.3 Å². The minimum absolute atomic E-state index is 0.326. The molecule has 0 radical (unpaired) electrons. The molecule has 1 heterocycles. The molecule has 0 saturated carbocycles. The van der Waals surface area contributed by atoms with E-state index in [0.29, 0.717) is 17.1 Å². The lowest BCUT2D eigenvalue weighted by atomic mass is 9.87. The number of hydrogen-bond donors (Lipinski definition) is 2. The first kappa shape index (κ1) is 13.7. The Morgan fingerprint density at radius 2 is 2.32 bits per heavy atom. The van der Waals surface area contributed by atoms with E-state index in [1.54, 1.807) is 6.08 Å². The van der Waals surface area contributed by atoms with Gasteiger partial charge in [0.05, 0.1) is 5.92 Å². The van der Waals surface area contributed by atoms with Gasteiger partial charge in [-0.3, -0.25) is 14.9 Å². The fourth-order valence-corrected chi connectivity index (χ4v) is 2.68. The van der Waals surface area contributed by atoms with Crippen LogP contribution in [0.2, 0.25) is 0 Å². The summed E-state index contributed by atoms with van der Waals surface area (Å²) in [6.07, 6.45) is 4.51. The first-order valence-corrected chi connectivity index (χ1v) is 7.00. The van der Waals surface area contributed by atoms with E-state index < -0.39 is 11.9 Å². The van der Waals surface area contributed by atoms with E-state index in [2.05, 4.69) is 15.5 Å². The Kier molecular flexibility index (Phi) is 4.26. The van der Waals surface area contributed by atoms with Crippen molar-refractivity contribution in [1.29, 1.82) is 0 Å². The molecule has 2 N–H and O–H groups in total. The molecule has 0 bridgehead atoms. The van der Waals surface area contributed by atoms with Gasteiger partial charge in [0.25, 0.3) is 5.91 Å². The third-order valence-electron chi connectivity index (χ3n) is 2.99. The highest BCUT2D eigenvalue weighted by Crippen LogP contribution is 2.26. The zero-order valence-electron chi connectivity index (χ0n) is 10.5. The van der Waals surface area contributed by atoms with E-state index in [1.807, 2.05) is 6.92 Å². The second-order valence-electron chi connectivity index (χ2n) is 4.29. The van der Waals surface area contributed by atoms with Crippen LogP contribution in [0, 0.1) is 5.92 Å². The van der Waals surface area contributed by atoms with Crippen molar-refractivity contribution in [3.63, 3.8) is 0 Å². The molecular formula is C12H15N3O3S. The van der Waals surface area contributed by atoms with Crippen LogP contribution >= 0.6 is 11.3 Å². The molecule has 1 aliphatic rings. The van der Waals surface area contributed by atoms with Gasteiger partial charge in [0.1, 0.15) is 5.01 Å². The lowest BCUT2D eigenvalue weighted by Crippen LogP contribution is -2.27. The summed E-state index contributed by atoms with van der Waals surface area (Å²) >= 11 is 1.31. The molecule has 0 aliphatic heterocycles. The summed E-state index contributed by atoms with van der Waals surface area (Å²) in [6, 6.07) is 0. The number of aryl methyl sites for hydroxylation is 1. The zero-order chi connectivity index (χ0) is 13.8. The van der Waals surface area contributed by atoms with Crippen LogP contribution < -0.4 is 5.32 Å². The monoisotopic (exact) mass is 281 g/mol. The van der Waals surface area contributed by atoms with Crippen molar-refractivity contribution in [3.8, 4) is 0 Å². The number of rotatable bonds is 4. The Labute approximate surface area is 114 Å². The number of carbonyl (C=O) groups excluding carboxylic acids is 1. The van der Waals surface area contributed by atoms with Gasteiger partial charge < -0.3 is 5.11 Å². The third kappa shape index (κ3) is 3.17. The standard InChI is InChI=1S/C12H15N3O3S/c1-2-9-14-15-12(19-9)13-10(16)7-5-3-4-6-8(7)11(17)18/h5,8H,2-4,6H2,1H3,(H,17,18)(H,13,15,16). The molecule has 0 aromatic carbocycles. The Bertz CT molecular complexity index is 524. The van der Waals surface area contributed by atoms with Gasteiger partial charge >= 0.3 is 5.97 Å². The summed E-state index contributed by atoms with van der Waals surface area (Å²) < 4.78 is 0. The summed E-state index contributed by atoms with van der Waals surface area (Å²) in [5.74, 6) is -2.05. The molecule has 7 heteroatoms. The van der Waals surface area contributed by atoms with Gasteiger partial charge in [0, 0.05) is 5.57 Å². The van der Waals surface area contributed by atoms with Gasteiger partial charge in [-0.15, -0.1) is 10.2 Å². The number of nitrogens with zero attached hydrogens (tertiary/aromatic N) is 2. The normalized spacial score (nSPS) is 18.8. The van der Waals surface area contributed by atoms with Gasteiger partial charge in [-0.05, 0) is 25.7 Å². The molecule has 1 amide bonds. The summed E-state index contributed by atoms with van der Waals surface area (Å²) in [7, 11) is 0. The molecule has 1 aliphatic carbocycles. The second-order valence-corrected chi connectivity index (χ2v) is 5.35. The molecule has 6 nitrogen and oxygen atoms in total. The van der Waals surface area contributed by atoms with Gasteiger partial charge in [0.15, 0.2) is 0 Å². The third-order valence-corrected chi connectivity index (χ3v) is 3.97. The topological polar surface area (TPSA) is 92.2 Å². The first-order valence-electron chi connectivity index (χ1n) is 6.18. The molecule has 1 aromatic heterocycles. The quantitative estimate of drug-likeness (QED) is 0.878. The number of aromatic nitrogens is 2. The number of allylic oxidation sites excluding steroid dienone is 1. The molecule has 2 rings (SSSR count). The summed E-state index contributed by atoms with van der Waals surface area (Å²) in [4.78, 5) is 23.2. The second kappa shape index (κ2) is 5.92. The lowest BCUT2D eigenvalue weighted by molar-refractivity contribution is -0.141. The summed E-state index contributed by atoms with van der Waals surface area (Å²) in [5, 5.41) is 20.8. The maximum Gasteiger partial charge on any atom is 0.311 e. The highest BCUT2D eigenvalue weighted by molar-refractivity contribution is 7.15. The van der Waals surface area contributed by atoms with Crippen LogP contribution in [0.15, 0.2) is 11.6 Å². The average molecular weight is 281 g/mol. The number of amides is 1. The van der Waals surface area contributed by atoms with E-state index in [9.17, 15) is 9.59 Å². The molecule has 19 heavy (non-hydrogen) atoms. The lowest BCUT2D eigenvalue weighted by Gasteiger charge is -2.19. The SMILES string of the molecule is CCc1nnc(NC(=O)C2=CCCCC2C(=O)O)s1. The molecule has 0 spiro atoms. The predicted molar refractivity (Wildman–Crippen MR) is 71.0 cm³/mol. The van der Waals surface area contributed by atoms with E-state index in [0.717, 1.165) is 24.3 Å². The Morgan fingerprint density at radius 3 is 2.95 bits per heavy atom. The van der Waals surface area contributed by atoms with E-state index in [4.69, 9.17) is 5.11 Å². The highest BCUT2D eigenvalue weighted by Gasteiger charge is 2.29. The van der Waals surface area contributed by atoms with Crippen LogP contribution in [0.3, 0.4) is 0 Å². The van der Waals surface area contributed by atoms with Gasteiger partial charge in [-0.2, -0.15) is 0 Å². The van der Waals surface area contributed by atoms with Crippen LogP contribution in [-0.2, 0) is 16.0 Å². The minimum atomic E-state index is -0.951. The van der Waals surface area contributed by atoms with Crippen molar-refractivity contribution < 1.29 is 14.7 Å². The van der Waals surface area contributed by atoms with Crippen molar-refractivity contribution in [2.24, 2.45) is 5.92 Å². The maximum atomic E-state index is 12.1. The predicted octanol–water partition coefficient (Wildman–Crippen LogP) is 1.85. The molecule has 1 aromatic rings. The zero-order valence-corrected chi connectivity index (χ0v) is 11.4. The first-order chi connectivity index (χ1) is 9.11. The van der Waals surface area contributed by atoms with E-state index >= 15 is 0 Å². The Balaban J connectivity index is 2.10. The van der Waals surface area contributed by atoms with Gasteiger partial charge in [-0.1, -0.05) is 24.3 Å². The minimum Gasteiger partial charge on any atom is -0.481 e. The maximum absolute atomic E-state index is 12.1. The average Bonchev–Trinajstić information content (AvgIpc) is 2.86. The van der Waals surface area contributed by atoms with E-state index in [-0.39, 0.29) is 5.91 Å². The number of carboxylic acid groups (broad SMARTS) is 1. The van der Waals surface area contributed by atoms with Crippen molar-refractivity contribution in [3.05, 3.63) is 16.7 Å². The number of hydrogen-bond acceptors (Lipinski definition) is 5. The smallest absolute Gasteiger partial charge is 0.311 e. The molecule has 102 valence electrons. The fraction of sp³-hybridized carbons (Fsp3) is 0.500. The largest absolute Gasteiger partial charge is 0.481 e. The van der Waals surface area contributed by atoms with Crippen LogP contribution in [0.5, 0.6) is 0 Å². The molecule has 0 fully saturated rings.